The van der Waals surface area contributed by atoms with Gasteiger partial charge in [0.1, 0.15) is 23.0 Å². The molecule has 0 radical (unpaired) electrons. The summed E-state index contributed by atoms with van der Waals surface area (Å²) in [6.07, 6.45) is 0.555. The molecule has 0 atom stereocenters. The lowest BCUT2D eigenvalue weighted by molar-refractivity contribution is 0.0763. The molecule has 0 saturated carbocycles. The van der Waals surface area contributed by atoms with Crippen LogP contribution in [0.5, 0.6) is 0 Å². The van der Waals surface area contributed by atoms with Crippen molar-refractivity contribution in [1.29, 1.82) is 0 Å². The maximum atomic E-state index is 13.2. The van der Waals surface area contributed by atoms with E-state index >= 15 is 0 Å². The number of aromatic amines is 1. The van der Waals surface area contributed by atoms with Crippen molar-refractivity contribution in [1.82, 2.24) is 20.0 Å². The Morgan fingerprint density at radius 3 is 2.83 bits per heavy atom. The number of H-pyrrole nitrogens is 1. The van der Waals surface area contributed by atoms with Crippen molar-refractivity contribution in [2.24, 2.45) is 0 Å². The second-order valence-electron chi connectivity index (χ2n) is 5.68. The summed E-state index contributed by atoms with van der Waals surface area (Å²) in [4.78, 5) is 21.9. The number of rotatable bonds is 5. The number of aryl methyl sites for hydroxylation is 2. The quantitative estimate of drug-likeness (QED) is 0.780. The van der Waals surface area contributed by atoms with E-state index in [-0.39, 0.29) is 11.7 Å². The van der Waals surface area contributed by atoms with Crippen molar-refractivity contribution < 1.29 is 13.7 Å². The monoisotopic (exact) mass is 330 g/mol. The van der Waals surface area contributed by atoms with Crippen LogP contribution in [0.4, 0.5) is 4.39 Å². The van der Waals surface area contributed by atoms with Crippen LogP contribution in [0.2, 0.25) is 0 Å². The Balaban J connectivity index is 1.74. The van der Waals surface area contributed by atoms with Crippen LogP contribution < -0.4 is 0 Å². The van der Waals surface area contributed by atoms with E-state index in [1.165, 1.54) is 12.1 Å². The van der Waals surface area contributed by atoms with Crippen LogP contribution in [-0.4, -0.2) is 39.0 Å². The second-order valence-corrected chi connectivity index (χ2v) is 5.68. The number of fused-ring (bicyclic) bond motifs is 1. The molecule has 2 aromatic heterocycles. The van der Waals surface area contributed by atoms with Crippen LogP contribution in [0, 0.1) is 19.7 Å². The van der Waals surface area contributed by atoms with Gasteiger partial charge in [0, 0.05) is 19.5 Å². The van der Waals surface area contributed by atoms with Gasteiger partial charge in [0.15, 0.2) is 0 Å². The summed E-state index contributed by atoms with van der Waals surface area (Å²) < 4.78 is 18.3. The highest BCUT2D eigenvalue weighted by Gasteiger charge is 2.22. The molecule has 0 fully saturated rings. The molecule has 0 aliphatic rings. The molecule has 3 rings (SSSR count). The molecule has 1 aromatic carbocycles. The summed E-state index contributed by atoms with van der Waals surface area (Å²) in [5, 5.41) is 3.83. The van der Waals surface area contributed by atoms with Crippen molar-refractivity contribution in [3.8, 4) is 0 Å². The highest BCUT2D eigenvalue weighted by atomic mass is 19.1. The highest BCUT2D eigenvalue weighted by molar-refractivity contribution is 5.96. The molecule has 2 heterocycles. The van der Waals surface area contributed by atoms with Crippen molar-refractivity contribution >= 4 is 16.9 Å². The molecule has 0 aliphatic carbocycles. The maximum Gasteiger partial charge on any atom is 0.259 e. The zero-order valence-corrected chi connectivity index (χ0v) is 13.9. The minimum Gasteiger partial charge on any atom is -0.361 e. The van der Waals surface area contributed by atoms with E-state index in [1.54, 1.807) is 24.8 Å². The zero-order chi connectivity index (χ0) is 17.3. The third-order valence-corrected chi connectivity index (χ3v) is 4.03. The predicted octanol–water partition coefficient (Wildman–Crippen LogP) is 3.01. The molecule has 126 valence electrons. The normalized spacial score (nSPS) is 11.2. The number of hydrogen-bond acceptors (Lipinski definition) is 4. The van der Waals surface area contributed by atoms with E-state index in [1.807, 2.05) is 6.92 Å². The Morgan fingerprint density at radius 1 is 1.38 bits per heavy atom. The number of aromatic nitrogens is 3. The second kappa shape index (κ2) is 6.43. The third-order valence-electron chi connectivity index (χ3n) is 4.03. The van der Waals surface area contributed by atoms with Gasteiger partial charge in [0.2, 0.25) is 0 Å². The van der Waals surface area contributed by atoms with Gasteiger partial charge in [-0.05, 0) is 39.0 Å². The number of benzene rings is 1. The predicted molar refractivity (Wildman–Crippen MR) is 87.3 cm³/mol. The third kappa shape index (κ3) is 3.02. The first kappa shape index (κ1) is 16.2. The van der Waals surface area contributed by atoms with E-state index in [4.69, 9.17) is 4.52 Å². The van der Waals surface area contributed by atoms with Crippen LogP contribution in [0.3, 0.4) is 0 Å². The largest absolute Gasteiger partial charge is 0.361 e. The van der Waals surface area contributed by atoms with E-state index in [2.05, 4.69) is 15.1 Å². The zero-order valence-electron chi connectivity index (χ0n) is 13.9. The molecule has 0 aliphatic heterocycles. The van der Waals surface area contributed by atoms with E-state index in [9.17, 15) is 9.18 Å². The molecule has 0 saturated heterocycles. The van der Waals surface area contributed by atoms with E-state index in [0.717, 1.165) is 5.82 Å². The van der Waals surface area contributed by atoms with Gasteiger partial charge in [0.25, 0.3) is 5.91 Å². The van der Waals surface area contributed by atoms with Gasteiger partial charge in [0.05, 0.1) is 16.7 Å². The molecule has 0 bridgehead atoms. The molecule has 1 N–H and O–H groups in total. The highest BCUT2D eigenvalue weighted by Crippen LogP contribution is 2.16. The summed E-state index contributed by atoms with van der Waals surface area (Å²) in [7, 11) is 0. The van der Waals surface area contributed by atoms with Gasteiger partial charge in [-0.2, -0.15) is 0 Å². The van der Waals surface area contributed by atoms with Gasteiger partial charge in [-0.15, -0.1) is 0 Å². The lowest BCUT2D eigenvalue weighted by Crippen LogP contribution is -2.33. The standard InChI is InChI=1S/C17H19FN4O2/c1-4-22(17(23)16-10(2)21-24-11(16)3)8-7-15-19-13-6-5-12(18)9-14(13)20-15/h5-6,9H,4,7-8H2,1-3H3,(H,19,20). The number of imidazole rings is 1. The first-order valence-electron chi connectivity index (χ1n) is 7.86. The smallest absolute Gasteiger partial charge is 0.259 e. The lowest BCUT2D eigenvalue weighted by atomic mass is 10.1. The molecule has 7 heteroatoms. The number of likely N-dealkylation sites (N-methyl/N-ethyl adjacent to an activating group) is 1. The molecule has 0 unspecified atom stereocenters. The SMILES string of the molecule is CCN(CCc1nc2ccc(F)cc2[nH]1)C(=O)c1c(C)noc1C. The van der Waals surface area contributed by atoms with Crippen molar-refractivity contribution in [2.45, 2.75) is 27.2 Å². The molecule has 0 spiro atoms. The fourth-order valence-electron chi connectivity index (χ4n) is 2.74. The molecule has 1 amide bonds. The van der Waals surface area contributed by atoms with E-state index < -0.39 is 0 Å². The summed E-state index contributed by atoms with van der Waals surface area (Å²) in [5.74, 6) is 0.841. The minimum absolute atomic E-state index is 0.101. The molecule has 24 heavy (non-hydrogen) atoms. The van der Waals surface area contributed by atoms with Gasteiger partial charge < -0.3 is 14.4 Å². The van der Waals surface area contributed by atoms with Crippen molar-refractivity contribution in [3.05, 3.63) is 46.9 Å². The van der Waals surface area contributed by atoms with Crippen LogP contribution in [-0.2, 0) is 6.42 Å². The van der Waals surface area contributed by atoms with Gasteiger partial charge in [-0.25, -0.2) is 9.37 Å². The number of hydrogen-bond donors (Lipinski definition) is 1. The minimum atomic E-state index is -0.304. The van der Waals surface area contributed by atoms with Crippen molar-refractivity contribution in [2.75, 3.05) is 13.1 Å². The topological polar surface area (TPSA) is 75.0 Å². The van der Waals surface area contributed by atoms with Crippen LogP contribution >= 0.6 is 0 Å². The Hall–Kier alpha value is -2.70. The van der Waals surface area contributed by atoms with Crippen LogP contribution in [0.1, 0.15) is 34.6 Å². The van der Waals surface area contributed by atoms with Gasteiger partial charge >= 0.3 is 0 Å². The summed E-state index contributed by atoms with van der Waals surface area (Å²) in [5.41, 5.74) is 2.48. The summed E-state index contributed by atoms with van der Waals surface area (Å²) >= 11 is 0. The Bertz CT molecular complexity index is 864. The number of amides is 1. The number of carbonyl (C=O) groups is 1. The fraction of sp³-hybridized carbons (Fsp3) is 0.353. The van der Waals surface area contributed by atoms with E-state index in [0.29, 0.717) is 47.6 Å². The average molecular weight is 330 g/mol. The first-order chi connectivity index (χ1) is 11.5. The number of halogens is 1. The summed E-state index contributed by atoms with van der Waals surface area (Å²) in [6.45, 7) is 6.48. The molecule has 6 nitrogen and oxygen atoms in total. The molecule has 3 aromatic rings. The Kier molecular flexibility index (Phi) is 4.33. The average Bonchev–Trinajstić information content (AvgIpc) is 3.10. The van der Waals surface area contributed by atoms with Crippen LogP contribution in [0.25, 0.3) is 11.0 Å². The Morgan fingerprint density at radius 2 is 2.17 bits per heavy atom. The lowest BCUT2D eigenvalue weighted by Gasteiger charge is -2.20. The molecular weight excluding hydrogens is 311 g/mol. The molecular formula is C17H19FN4O2. The van der Waals surface area contributed by atoms with Gasteiger partial charge in [-0.3, -0.25) is 4.79 Å². The fourth-order valence-corrected chi connectivity index (χ4v) is 2.74. The Labute approximate surface area is 138 Å². The maximum absolute atomic E-state index is 13.2. The van der Waals surface area contributed by atoms with Crippen molar-refractivity contribution in [3.63, 3.8) is 0 Å². The number of nitrogens with zero attached hydrogens (tertiary/aromatic N) is 3. The van der Waals surface area contributed by atoms with Crippen LogP contribution in [0.15, 0.2) is 22.7 Å². The first-order valence-corrected chi connectivity index (χ1v) is 7.86. The van der Waals surface area contributed by atoms with Gasteiger partial charge in [-0.1, -0.05) is 5.16 Å². The summed E-state index contributed by atoms with van der Waals surface area (Å²) in [6, 6.07) is 4.43. The number of nitrogens with one attached hydrogen (secondary N) is 1. The number of carbonyl (C=O) groups excluding carboxylic acids is 1.